The van der Waals surface area contributed by atoms with Crippen molar-refractivity contribution in [2.45, 2.75) is 79.0 Å². The van der Waals surface area contributed by atoms with Gasteiger partial charge in [-0.25, -0.2) is 9.18 Å². The fourth-order valence-electron chi connectivity index (χ4n) is 5.32. The first kappa shape index (κ1) is 29.8. The molecule has 0 aliphatic carbocycles. The summed E-state index contributed by atoms with van der Waals surface area (Å²) < 4.78 is 25.6. The number of carbonyl (C=O) groups excluding carboxylic acids is 2. The maximum absolute atomic E-state index is 14.2. The van der Waals surface area contributed by atoms with E-state index < -0.39 is 11.4 Å². The summed E-state index contributed by atoms with van der Waals surface area (Å²) in [4.78, 5) is 35.7. The highest BCUT2D eigenvalue weighted by Crippen LogP contribution is 2.44. The van der Waals surface area contributed by atoms with Crippen LogP contribution in [-0.2, 0) is 4.74 Å². The molecule has 12 heteroatoms. The van der Waals surface area contributed by atoms with Crippen LogP contribution in [-0.4, -0.2) is 80.8 Å². The second-order valence-corrected chi connectivity index (χ2v) is 12.5. The minimum absolute atomic E-state index is 0.0432. The quantitative estimate of drug-likeness (QED) is 0.441. The molecule has 2 fully saturated rings. The largest absolute Gasteiger partial charge is 0.444 e. The molecule has 0 radical (unpaired) electrons. The minimum Gasteiger partial charge on any atom is -0.444 e. The van der Waals surface area contributed by atoms with Gasteiger partial charge in [-0.2, -0.15) is 4.98 Å². The molecule has 0 saturated carbocycles. The number of hydrogen-bond acceptors (Lipinski definition) is 8. The lowest BCUT2D eigenvalue weighted by Gasteiger charge is -2.54. The second kappa shape index (κ2) is 11.3. The van der Waals surface area contributed by atoms with Crippen LogP contribution in [0, 0.1) is 11.2 Å². The monoisotopic (exact) mass is 576 g/mol. The zero-order valence-corrected chi connectivity index (χ0v) is 25.0. The second-order valence-electron chi connectivity index (χ2n) is 12.2. The standard InChI is InChI=1S/C28H38ClFN6O4/c1-17(2)36(18(3)4)24(37)20-14-19(30)8-9-21(20)39-25-31-23(22(29)32-33-25)35-15-28(16-35)10-12-34(13-11-28)26(38)40-27(5,6)7/h8-9,14,17-18H,10-13,15-16H2,1-7H3. The van der Waals surface area contributed by atoms with E-state index >= 15 is 0 Å². The molecule has 3 heterocycles. The van der Waals surface area contributed by atoms with Crippen LogP contribution >= 0.6 is 11.6 Å². The highest BCUT2D eigenvalue weighted by Gasteiger charge is 2.47. The summed E-state index contributed by atoms with van der Waals surface area (Å²) in [5.41, 5.74) is -0.413. The van der Waals surface area contributed by atoms with Gasteiger partial charge in [-0.15, -0.1) is 5.10 Å². The van der Waals surface area contributed by atoms with Gasteiger partial charge in [0, 0.05) is 43.7 Å². The average Bonchev–Trinajstić information content (AvgIpc) is 2.83. The molecule has 2 aliphatic rings. The molecule has 4 rings (SSSR count). The van der Waals surface area contributed by atoms with Gasteiger partial charge in [-0.05, 0) is 79.5 Å². The van der Waals surface area contributed by atoms with Crippen molar-refractivity contribution < 1.29 is 23.5 Å². The number of halogens is 2. The van der Waals surface area contributed by atoms with Crippen molar-refractivity contribution in [3.8, 4) is 11.8 Å². The number of ether oxygens (including phenoxy) is 2. The number of hydrogen-bond donors (Lipinski definition) is 0. The molecule has 0 bridgehead atoms. The number of anilines is 1. The van der Waals surface area contributed by atoms with E-state index in [1.165, 1.54) is 12.1 Å². The molecule has 10 nitrogen and oxygen atoms in total. The fourth-order valence-corrected chi connectivity index (χ4v) is 5.52. The van der Waals surface area contributed by atoms with Gasteiger partial charge in [0.2, 0.25) is 0 Å². The van der Waals surface area contributed by atoms with Gasteiger partial charge in [0.1, 0.15) is 17.2 Å². The highest BCUT2D eigenvalue weighted by atomic mass is 35.5. The number of nitrogens with zero attached hydrogens (tertiary/aromatic N) is 6. The summed E-state index contributed by atoms with van der Waals surface area (Å²) in [5.74, 6) is -0.359. The van der Waals surface area contributed by atoms with E-state index in [1.54, 1.807) is 9.80 Å². The zero-order chi connectivity index (χ0) is 29.4. The number of piperidine rings is 1. The number of benzene rings is 1. The molecule has 1 aromatic heterocycles. The smallest absolute Gasteiger partial charge is 0.410 e. The molecule has 218 valence electrons. The first-order valence-electron chi connectivity index (χ1n) is 13.6. The van der Waals surface area contributed by atoms with Crippen LogP contribution in [0.25, 0.3) is 0 Å². The van der Waals surface area contributed by atoms with Gasteiger partial charge in [0.05, 0.1) is 5.56 Å². The summed E-state index contributed by atoms with van der Waals surface area (Å²) >= 11 is 6.36. The zero-order valence-electron chi connectivity index (χ0n) is 24.2. The molecule has 0 unspecified atom stereocenters. The lowest BCUT2D eigenvalue weighted by molar-refractivity contribution is 0.00585. The Hall–Kier alpha value is -3.21. The summed E-state index contributed by atoms with van der Waals surface area (Å²) in [6, 6.07) is 3.46. The van der Waals surface area contributed by atoms with Crippen molar-refractivity contribution in [1.82, 2.24) is 25.0 Å². The third-order valence-corrected chi connectivity index (χ3v) is 7.40. The van der Waals surface area contributed by atoms with Gasteiger partial charge in [-0.1, -0.05) is 16.7 Å². The van der Waals surface area contributed by atoms with E-state index in [9.17, 15) is 14.0 Å². The molecule has 2 aliphatic heterocycles. The first-order chi connectivity index (χ1) is 18.7. The van der Waals surface area contributed by atoms with E-state index in [-0.39, 0.29) is 52.0 Å². The lowest BCUT2D eigenvalue weighted by atomic mass is 9.72. The summed E-state index contributed by atoms with van der Waals surface area (Å²) in [7, 11) is 0. The van der Waals surface area contributed by atoms with Crippen LogP contribution < -0.4 is 9.64 Å². The molecule has 2 aromatic rings. The summed E-state index contributed by atoms with van der Waals surface area (Å²) in [6.07, 6.45) is 1.39. The molecule has 1 aromatic carbocycles. The number of likely N-dealkylation sites (tertiary alicyclic amines) is 1. The topological polar surface area (TPSA) is 101 Å². The Morgan fingerprint density at radius 1 is 1.07 bits per heavy atom. The van der Waals surface area contributed by atoms with Crippen molar-refractivity contribution in [3.05, 3.63) is 34.7 Å². The molecule has 0 atom stereocenters. The number of amides is 2. The van der Waals surface area contributed by atoms with E-state index in [2.05, 4.69) is 15.2 Å². The van der Waals surface area contributed by atoms with Gasteiger partial charge in [0.15, 0.2) is 11.0 Å². The maximum Gasteiger partial charge on any atom is 0.410 e. The third kappa shape index (κ3) is 6.56. The van der Waals surface area contributed by atoms with Crippen LogP contribution in [0.5, 0.6) is 11.8 Å². The Balaban J connectivity index is 1.46. The molecular formula is C28H38ClFN6O4. The SMILES string of the molecule is CC(C)N(C(=O)c1cc(F)ccc1Oc1nnc(Cl)c(N2CC3(CCN(C(=O)OC(C)(C)C)CC3)C2)n1)C(C)C. The summed E-state index contributed by atoms with van der Waals surface area (Å²) in [6.45, 7) is 15.8. The van der Waals surface area contributed by atoms with E-state index in [0.29, 0.717) is 32.0 Å². The predicted molar refractivity (Wildman–Crippen MR) is 149 cm³/mol. The van der Waals surface area contributed by atoms with Crippen LogP contribution in [0.4, 0.5) is 15.0 Å². The van der Waals surface area contributed by atoms with Crippen molar-refractivity contribution in [2.24, 2.45) is 5.41 Å². The van der Waals surface area contributed by atoms with Crippen molar-refractivity contribution in [3.63, 3.8) is 0 Å². The predicted octanol–water partition coefficient (Wildman–Crippen LogP) is 5.55. The Morgan fingerprint density at radius 3 is 2.27 bits per heavy atom. The molecule has 0 N–H and O–H groups in total. The number of carbonyl (C=O) groups is 2. The van der Waals surface area contributed by atoms with E-state index in [1.807, 2.05) is 53.4 Å². The molecular weight excluding hydrogens is 539 g/mol. The Bertz CT molecular complexity index is 1240. The Morgan fingerprint density at radius 2 is 1.70 bits per heavy atom. The van der Waals surface area contributed by atoms with Crippen molar-refractivity contribution in [2.75, 3.05) is 31.1 Å². The van der Waals surface area contributed by atoms with Crippen LogP contribution in [0.1, 0.15) is 71.7 Å². The molecule has 40 heavy (non-hydrogen) atoms. The molecule has 1 spiro atoms. The number of rotatable bonds is 6. The lowest BCUT2D eigenvalue weighted by Crippen LogP contribution is -2.61. The van der Waals surface area contributed by atoms with Crippen LogP contribution in [0.15, 0.2) is 18.2 Å². The van der Waals surface area contributed by atoms with Crippen LogP contribution in [0.2, 0.25) is 5.15 Å². The molecule has 2 amide bonds. The first-order valence-corrected chi connectivity index (χ1v) is 14.0. The fraction of sp³-hybridized carbons (Fsp3) is 0.607. The van der Waals surface area contributed by atoms with E-state index in [0.717, 1.165) is 18.9 Å². The Kier molecular flexibility index (Phi) is 8.44. The van der Waals surface area contributed by atoms with E-state index in [4.69, 9.17) is 21.1 Å². The normalized spacial score (nSPS) is 16.8. The van der Waals surface area contributed by atoms with Gasteiger partial charge in [0.25, 0.3) is 5.91 Å². The van der Waals surface area contributed by atoms with Crippen LogP contribution in [0.3, 0.4) is 0 Å². The average molecular weight is 577 g/mol. The summed E-state index contributed by atoms with van der Waals surface area (Å²) in [5, 5.41) is 8.10. The maximum atomic E-state index is 14.2. The number of aromatic nitrogens is 3. The van der Waals surface area contributed by atoms with Gasteiger partial charge in [-0.3, -0.25) is 4.79 Å². The molecule has 2 saturated heterocycles. The van der Waals surface area contributed by atoms with Crippen molar-refractivity contribution >= 4 is 29.4 Å². The highest BCUT2D eigenvalue weighted by molar-refractivity contribution is 6.31. The van der Waals surface area contributed by atoms with Gasteiger partial charge < -0.3 is 24.2 Å². The van der Waals surface area contributed by atoms with Crippen molar-refractivity contribution in [1.29, 1.82) is 0 Å². The van der Waals surface area contributed by atoms with Gasteiger partial charge >= 0.3 is 12.1 Å². The minimum atomic E-state index is -0.553. The Labute approximate surface area is 239 Å². The third-order valence-electron chi connectivity index (χ3n) is 7.16.